The van der Waals surface area contributed by atoms with Crippen LogP contribution in [0.3, 0.4) is 0 Å². The van der Waals surface area contributed by atoms with Gasteiger partial charge in [-0.2, -0.15) is 5.26 Å². The quantitative estimate of drug-likeness (QED) is 0.824. The summed E-state index contributed by atoms with van der Waals surface area (Å²) in [5.74, 6) is 0. The van der Waals surface area contributed by atoms with Crippen molar-refractivity contribution >= 4 is 11.3 Å². The zero-order valence-corrected chi connectivity index (χ0v) is 11.7. The number of rotatable bonds is 3. The van der Waals surface area contributed by atoms with Crippen molar-refractivity contribution in [2.24, 2.45) is 5.41 Å². The fraction of sp³-hybridized carbons (Fsp3) is 0.333. The lowest BCUT2D eigenvalue weighted by Crippen LogP contribution is -2.11. The molecule has 0 bridgehead atoms. The first-order valence-corrected chi connectivity index (χ1v) is 6.81. The van der Waals surface area contributed by atoms with E-state index in [4.69, 9.17) is 5.26 Å². The van der Waals surface area contributed by atoms with E-state index in [0.29, 0.717) is 6.42 Å². The Morgan fingerprint density at radius 2 is 1.94 bits per heavy atom. The molecule has 18 heavy (non-hydrogen) atoms. The molecular weight excluding hydrogens is 240 g/mol. The number of aromatic nitrogens is 1. The molecule has 0 aliphatic carbocycles. The Morgan fingerprint density at radius 1 is 1.28 bits per heavy atom. The molecule has 2 nitrogen and oxygen atoms in total. The Morgan fingerprint density at radius 3 is 2.56 bits per heavy atom. The Hall–Kier alpha value is -1.66. The van der Waals surface area contributed by atoms with Gasteiger partial charge in [0.05, 0.1) is 22.2 Å². The van der Waals surface area contributed by atoms with Gasteiger partial charge >= 0.3 is 0 Å². The minimum absolute atomic E-state index is 0.345. The van der Waals surface area contributed by atoms with E-state index in [1.54, 1.807) is 11.3 Å². The first-order chi connectivity index (χ1) is 8.50. The molecule has 0 unspecified atom stereocenters. The summed E-state index contributed by atoms with van der Waals surface area (Å²) < 4.78 is 0. The van der Waals surface area contributed by atoms with Crippen LogP contribution in [0.5, 0.6) is 0 Å². The van der Waals surface area contributed by atoms with E-state index in [1.807, 2.05) is 13.8 Å². The molecule has 0 saturated heterocycles. The van der Waals surface area contributed by atoms with Crippen LogP contribution in [0.1, 0.15) is 24.4 Å². The summed E-state index contributed by atoms with van der Waals surface area (Å²) in [7, 11) is 0. The van der Waals surface area contributed by atoms with Gasteiger partial charge in [0.1, 0.15) is 0 Å². The third-order valence-electron chi connectivity index (χ3n) is 2.79. The number of nitrogens with zero attached hydrogens (tertiary/aromatic N) is 2. The largest absolute Gasteiger partial charge is 0.241 e. The zero-order chi connectivity index (χ0) is 13.2. The van der Waals surface area contributed by atoms with E-state index in [2.05, 4.69) is 47.6 Å². The van der Waals surface area contributed by atoms with Crippen LogP contribution < -0.4 is 0 Å². The fourth-order valence-electron chi connectivity index (χ4n) is 1.67. The Bertz CT molecular complexity index is 573. The van der Waals surface area contributed by atoms with Gasteiger partial charge in [0.15, 0.2) is 0 Å². The minimum atomic E-state index is -0.345. The van der Waals surface area contributed by atoms with E-state index in [0.717, 1.165) is 16.3 Å². The maximum absolute atomic E-state index is 9.04. The molecule has 3 heteroatoms. The third-order valence-corrected chi connectivity index (χ3v) is 3.64. The zero-order valence-electron chi connectivity index (χ0n) is 10.9. The van der Waals surface area contributed by atoms with Gasteiger partial charge in [-0.15, -0.1) is 11.3 Å². The van der Waals surface area contributed by atoms with E-state index in [9.17, 15) is 0 Å². The molecule has 0 atom stereocenters. The van der Waals surface area contributed by atoms with Crippen LogP contribution in [0.25, 0.3) is 11.3 Å². The average Bonchev–Trinajstić information content (AvgIpc) is 2.78. The summed E-state index contributed by atoms with van der Waals surface area (Å²) in [6, 6.07) is 10.7. The Kier molecular flexibility index (Phi) is 3.49. The predicted octanol–water partition coefficient (Wildman–Crippen LogP) is 4.21. The number of nitriles is 1. The molecule has 0 spiro atoms. The maximum atomic E-state index is 9.04. The van der Waals surface area contributed by atoms with Crippen LogP contribution in [-0.4, -0.2) is 4.98 Å². The molecule has 2 rings (SSSR count). The summed E-state index contributed by atoms with van der Waals surface area (Å²) in [5, 5.41) is 12.1. The average molecular weight is 256 g/mol. The second-order valence-electron chi connectivity index (χ2n) is 5.16. The Labute approximate surface area is 112 Å². The number of thiazole rings is 1. The van der Waals surface area contributed by atoms with Crippen molar-refractivity contribution in [3.05, 3.63) is 40.2 Å². The van der Waals surface area contributed by atoms with Crippen LogP contribution in [0.15, 0.2) is 29.6 Å². The number of aryl methyl sites for hydroxylation is 1. The summed E-state index contributed by atoms with van der Waals surface area (Å²) in [6.07, 6.45) is 0.708. The van der Waals surface area contributed by atoms with Crippen molar-refractivity contribution in [1.29, 1.82) is 5.26 Å². The lowest BCUT2D eigenvalue weighted by molar-refractivity contribution is 0.492. The van der Waals surface area contributed by atoms with Gasteiger partial charge in [-0.25, -0.2) is 4.98 Å². The van der Waals surface area contributed by atoms with Crippen molar-refractivity contribution in [1.82, 2.24) is 4.98 Å². The molecule has 0 N–H and O–H groups in total. The van der Waals surface area contributed by atoms with E-state index in [1.165, 1.54) is 5.56 Å². The molecule has 0 amide bonds. The van der Waals surface area contributed by atoms with Crippen LogP contribution >= 0.6 is 11.3 Å². The van der Waals surface area contributed by atoms with E-state index >= 15 is 0 Å². The molecule has 1 aromatic carbocycles. The third kappa shape index (κ3) is 2.96. The highest BCUT2D eigenvalue weighted by Crippen LogP contribution is 2.27. The monoisotopic (exact) mass is 256 g/mol. The van der Waals surface area contributed by atoms with Crippen molar-refractivity contribution in [3.8, 4) is 17.3 Å². The molecule has 0 fully saturated rings. The fourth-order valence-corrected chi connectivity index (χ4v) is 2.70. The van der Waals surface area contributed by atoms with Crippen molar-refractivity contribution in [2.75, 3.05) is 0 Å². The molecule has 0 aliphatic heterocycles. The number of hydrogen-bond donors (Lipinski definition) is 0. The second-order valence-corrected chi connectivity index (χ2v) is 6.11. The normalized spacial score (nSPS) is 11.2. The van der Waals surface area contributed by atoms with Crippen LogP contribution in [0.4, 0.5) is 0 Å². The summed E-state index contributed by atoms with van der Waals surface area (Å²) in [5.41, 5.74) is 3.05. The molecule has 0 radical (unpaired) electrons. The van der Waals surface area contributed by atoms with Crippen molar-refractivity contribution in [3.63, 3.8) is 0 Å². The highest BCUT2D eigenvalue weighted by atomic mass is 32.1. The Balaban J connectivity index is 2.21. The molecule has 2 aromatic rings. The lowest BCUT2D eigenvalue weighted by Gasteiger charge is -2.11. The molecule has 0 aliphatic rings. The first kappa shape index (κ1) is 12.8. The smallest absolute Gasteiger partial charge is 0.0948 e. The summed E-state index contributed by atoms with van der Waals surface area (Å²) >= 11 is 1.63. The van der Waals surface area contributed by atoms with Gasteiger partial charge in [0, 0.05) is 17.4 Å². The first-order valence-electron chi connectivity index (χ1n) is 5.93. The molecule has 1 heterocycles. The summed E-state index contributed by atoms with van der Waals surface area (Å²) in [6.45, 7) is 5.96. The number of hydrogen-bond acceptors (Lipinski definition) is 3. The van der Waals surface area contributed by atoms with Crippen LogP contribution in [0.2, 0.25) is 0 Å². The highest BCUT2D eigenvalue weighted by molar-refractivity contribution is 7.09. The maximum Gasteiger partial charge on any atom is 0.0948 e. The summed E-state index contributed by atoms with van der Waals surface area (Å²) in [4.78, 5) is 4.61. The predicted molar refractivity (Wildman–Crippen MR) is 75.4 cm³/mol. The topological polar surface area (TPSA) is 36.7 Å². The minimum Gasteiger partial charge on any atom is -0.241 e. The van der Waals surface area contributed by atoms with Gasteiger partial charge in [0.2, 0.25) is 0 Å². The van der Waals surface area contributed by atoms with E-state index < -0.39 is 0 Å². The van der Waals surface area contributed by atoms with Gasteiger partial charge in [-0.1, -0.05) is 29.8 Å². The van der Waals surface area contributed by atoms with Gasteiger partial charge < -0.3 is 0 Å². The van der Waals surface area contributed by atoms with E-state index in [-0.39, 0.29) is 5.41 Å². The van der Waals surface area contributed by atoms with Crippen LogP contribution in [-0.2, 0) is 6.42 Å². The molecule has 0 saturated carbocycles. The SMILES string of the molecule is Cc1ccc(-c2csc(CC(C)(C)C#N)n2)cc1. The molecule has 92 valence electrons. The van der Waals surface area contributed by atoms with Gasteiger partial charge in [-0.3, -0.25) is 0 Å². The lowest BCUT2D eigenvalue weighted by atomic mass is 9.92. The highest BCUT2D eigenvalue weighted by Gasteiger charge is 2.19. The van der Waals surface area contributed by atoms with Crippen molar-refractivity contribution in [2.45, 2.75) is 27.2 Å². The van der Waals surface area contributed by atoms with Crippen molar-refractivity contribution < 1.29 is 0 Å². The van der Waals surface area contributed by atoms with Gasteiger partial charge in [0.25, 0.3) is 0 Å². The molecular formula is C15H16N2S. The van der Waals surface area contributed by atoms with Gasteiger partial charge in [-0.05, 0) is 20.8 Å². The molecule has 1 aromatic heterocycles. The second kappa shape index (κ2) is 4.91. The standard InChI is InChI=1S/C15H16N2S/c1-11-4-6-12(7-5-11)13-9-18-14(17-13)8-15(2,3)10-16/h4-7,9H,8H2,1-3H3. The number of benzene rings is 1. The van der Waals surface area contributed by atoms with Crippen LogP contribution in [0, 0.1) is 23.7 Å².